The second-order valence-electron chi connectivity index (χ2n) is 3.68. The standard InChI is InChI=1S/C11H10N2O5/c1-6(9(14)15)12-10(16)13-7-4-2-3-5-8(7)18-11(13)17/h2-6H,1H3,(H,12,16)(H,14,15). The molecule has 2 N–H and O–H groups in total. The van der Waals surface area contributed by atoms with Gasteiger partial charge in [-0.25, -0.2) is 9.59 Å². The van der Waals surface area contributed by atoms with E-state index in [-0.39, 0.29) is 11.1 Å². The third-order valence-corrected chi connectivity index (χ3v) is 2.40. The average molecular weight is 250 g/mol. The van der Waals surface area contributed by atoms with E-state index < -0.39 is 23.8 Å². The lowest BCUT2D eigenvalue weighted by Crippen LogP contribution is -2.43. The number of amides is 1. The first-order valence-corrected chi connectivity index (χ1v) is 5.15. The van der Waals surface area contributed by atoms with Crippen molar-refractivity contribution in [2.45, 2.75) is 13.0 Å². The molecule has 1 aromatic heterocycles. The predicted molar refractivity (Wildman–Crippen MR) is 61.5 cm³/mol. The first-order valence-electron chi connectivity index (χ1n) is 5.15. The molecule has 1 atom stereocenters. The Balaban J connectivity index is 2.42. The zero-order chi connectivity index (χ0) is 13.3. The van der Waals surface area contributed by atoms with Crippen molar-refractivity contribution in [3.8, 4) is 0 Å². The Kier molecular flexibility index (Phi) is 2.88. The molecule has 0 radical (unpaired) electrons. The molecule has 1 unspecified atom stereocenters. The Labute approximate surface area is 101 Å². The lowest BCUT2D eigenvalue weighted by molar-refractivity contribution is -0.138. The van der Waals surface area contributed by atoms with Gasteiger partial charge in [0.05, 0.1) is 5.52 Å². The highest BCUT2D eigenvalue weighted by atomic mass is 16.4. The highest BCUT2D eigenvalue weighted by molar-refractivity contribution is 5.90. The van der Waals surface area contributed by atoms with Gasteiger partial charge < -0.3 is 14.8 Å². The van der Waals surface area contributed by atoms with Crippen LogP contribution in [-0.2, 0) is 4.79 Å². The molecule has 0 aliphatic heterocycles. The number of oxazole rings is 1. The molecule has 0 saturated carbocycles. The van der Waals surface area contributed by atoms with Crippen molar-refractivity contribution in [1.82, 2.24) is 9.88 Å². The summed E-state index contributed by atoms with van der Waals surface area (Å²) in [6.07, 6.45) is 0. The van der Waals surface area contributed by atoms with E-state index in [0.717, 1.165) is 4.57 Å². The molecule has 1 aromatic carbocycles. The van der Waals surface area contributed by atoms with Gasteiger partial charge in [0.25, 0.3) is 0 Å². The molecule has 0 bridgehead atoms. The van der Waals surface area contributed by atoms with E-state index in [1.807, 2.05) is 0 Å². The summed E-state index contributed by atoms with van der Waals surface area (Å²) in [5.74, 6) is -2.05. The van der Waals surface area contributed by atoms with Crippen LogP contribution < -0.4 is 11.1 Å². The second kappa shape index (κ2) is 4.36. The summed E-state index contributed by atoms with van der Waals surface area (Å²) in [6, 6.07) is 4.44. The highest BCUT2D eigenvalue weighted by Gasteiger charge is 2.19. The minimum atomic E-state index is -1.19. The fourth-order valence-electron chi connectivity index (χ4n) is 1.47. The van der Waals surface area contributed by atoms with Gasteiger partial charge in [-0.2, -0.15) is 4.57 Å². The number of carbonyl (C=O) groups excluding carboxylic acids is 1. The Hall–Kier alpha value is -2.57. The fraction of sp³-hybridized carbons (Fsp3) is 0.182. The van der Waals surface area contributed by atoms with E-state index in [9.17, 15) is 14.4 Å². The minimum Gasteiger partial charge on any atom is -0.480 e. The number of fused-ring (bicyclic) bond motifs is 1. The third kappa shape index (κ3) is 1.97. The van der Waals surface area contributed by atoms with Gasteiger partial charge >= 0.3 is 17.8 Å². The number of carboxylic acid groups (broad SMARTS) is 1. The summed E-state index contributed by atoms with van der Waals surface area (Å²) in [7, 11) is 0. The summed E-state index contributed by atoms with van der Waals surface area (Å²) < 4.78 is 5.62. The van der Waals surface area contributed by atoms with E-state index in [2.05, 4.69) is 5.32 Å². The largest absolute Gasteiger partial charge is 0.480 e. The summed E-state index contributed by atoms with van der Waals surface area (Å²) in [5, 5.41) is 10.9. The van der Waals surface area contributed by atoms with Gasteiger partial charge in [-0.15, -0.1) is 0 Å². The number of nitrogens with zero attached hydrogens (tertiary/aromatic N) is 1. The van der Waals surface area contributed by atoms with Crippen LogP contribution in [0.15, 0.2) is 33.5 Å². The SMILES string of the molecule is CC(NC(=O)n1c(=O)oc2ccccc21)C(=O)O. The number of hydrogen-bond acceptors (Lipinski definition) is 4. The van der Waals surface area contributed by atoms with E-state index in [4.69, 9.17) is 9.52 Å². The van der Waals surface area contributed by atoms with Crippen molar-refractivity contribution in [3.63, 3.8) is 0 Å². The predicted octanol–water partition coefficient (Wildman–Crippen LogP) is 0.625. The van der Waals surface area contributed by atoms with E-state index in [1.54, 1.807) is 18.2 Å². The third-order valence-electron chi connectivity index (χ3n) is 2.40. The topological polar surface area (TPSA) is 102 Å². The van der Waals surface area contributed by atoms with Gasteiger partial charge in [-0.3, -0.25) is 4.79 Å². The lowest BCUT2D eigenvalue weighted by atomic mass is 10.3. The number of para-hydroxylation sites is 2. The molecule has 7 nitrogen and oxygen atoms in total. The molecule has 0 saturated heterocycles. The maximum Gasteiger partial charge on any atom is 0.428 e. The van der Waals surface area contributed by atoms with Crippen LogP contribution in [0, 0.1) is 0 Å². The number of rotatable bonds is 2. The molecule has 7 heteroatoms. The molecule has 0 aliphatic rings. The van der Waals surface area contributed by atoms with Crippen LogP contribution in [0.3, 0.4) is 0 Å². The Morgan fingerprint density at radius 2 is 2.06 bits per heavy atom. The van der Waals surface area contributed by atoms with Crippen molar-refractivity contribution < 1.29 is 19.1 Å². The van der Waals surface area contributed by atoms with Crippen LogP contribution in [0.4, 0.5) is 4.79 Å². The average Bonchev–Trinajstić information content (AvgIpc) is 2.64. The Morgan fingerprint density at radius 3 is 2.72 bits per heavy atom. The van der Waals surface area contributed by atoms with Gasteiger partial charge in [0.1, 0.15) is 6.04 Å². The monoisotopic (exact) mass is 250 g/mol. The van der Waals surface area contributed by atoms with Crippen LogP contribution in [0.2, 0.25) is 0 Å². The molecular formula is C11H10N2O5. The van der Waals surface area contributed by atoms with Gasteiger partial charge in [-0.1, -0.05) is 12.1 Å². The van der Waals surface area contributed by atoms with Gasteiger partial charge in [0, 0.05) is 0 Å². The van der Waals surface area contributed by atoms with Crippen molar-refractivity contribution in [3.05, 3.63) is 34.8 Å². The summed E-state index contributed by atoms with van der Waals surface area (Å²) in [4.78, 5) is 33.9. The number of aromatic nitrogens is 1. The van der Waals surface area contributed by atoms with E-state index >= 15 is 0 Å². The van der Waals surface area contributed by atoms with Crippen LogP contribution in [-0.4, -0.2) is 27.7 Å². The van der Waals surface area contributed by atoms with Gasteiger partial charge in [0.15, 0.2) is 5.58 Å². The number of aliphatic carboxylic acids is 1. The van der Waals surface area contributed by atoms with Crippen LogP contribution >= 0.6 is 0 Å². The van der Waals surface area contributed by atoms with Gasteiger partial charge in [-0.05, 0) is 19.1 Å². The molecule has 1 amide bonds. The van der Waals surface area contributed by atoms with Crippen molar-refractivity contribution in [2.24, 2.45) is 0 Å². The van der Waals surface area contributed by atoms with E-state index in [1.165, 1.54) is 13.0 Å². The number of benzene rings is 1. The fourth-order valence-corrected chi connectivity index (χ4v) is 1.47. The van der Waals surface area contributed by atoms with Crippen molar-refractivity contribution in [2.75, 3.05) is 0 Å². The smallest absolute Gasteiger partial charge is 0.428 e. The molecule has 18 heavy (non-hydrogen) atoms. The molecule has 0 aliphatic carbocycles. The maximum absolute atomic E-state index is 11.8. The number of nitrogens with one attached hydrogen (secondary N) is 1. The van der Waals surface area contributed by atoms with Crippen LogP contribution in [0.5, 0.6) is 0 Å². The molecule has 2 aromatic rings. The second-order valence-corrected chi connectivity index (χ2v) is 3.68. The van der Waals surface area contributed by atoms with Crippen LogP contribution in [0.1, 0.15) is 6.92 Å². The van der Waals surface area contributed by atoms with Crippen LogP contribution in [0.25, 0.3) is 11.1 Å². The Morgan fingerprint density at radius 1 is 1.39 bits per heavy atom. The summed E-state index contributed by atoms with van der Waals surface area (Å²) in [6.45, 7) is 1.30. The minimum absolute atomic E-state index is 0.264. The van der Waals surface area contributed by atoms with E-state index in [0.29, 0.717) is 0 Å². The lowest BCUT2D eigenvalue weighted by Gasteiger charge is -2.08. The number of carbonyl (C=O) groups is 2. The highest BCUT2D eigenvalue weighted by Crippen LogP contribution is 2.11. The normalized spacial score (nSPS) is 12.3. The molecular weight excluding hydrogens is 240 g/mol. The zero-order valence-electron chi connectivity index (χ0n) is 9.41. The maximum atomic E-state index is 11.8. The first kappa shape index (κ1) is 11.9. The number of hydrogen-bond donors (Lipinski definition) is 2. The zero-order valence-corrected chi connectivity index (χ0v) is 9.41. The molecule has 0 spiro atoms. The Bertz CT molecular complexity index is 669. The number of carboxylic acids is 1. The summed E-state index contributed by atoms with van der Waals surface area (Å²) >= 11 is 0. The van der Waals surface area contributed by atoms with Gasteiger partial charge in [0.2, 0.25) is 0 Å². The van der Waals surface area contributed by atoms with Crippen molar-refractivity contribution in [1.29, 1.82) is 0 Å². The molecule has 94 valence electrons. The first-order chi connectivity index (χ1) is 8.50. The molecule has 2 rings (SSSR count). The quantitative estimate of drug-likeness (QED) is 0.813. The molecule has 0 fully saturated rings. The summed E-state index contributed by atoms with van der Waals surface area (Å²) in [5.41, 5.74) is 0.554. The molecule has 1 heterocycles. The van der Waals surface area contributed by atoms with Crippen molar-refractivity contribution >= 4 is 23.1 Å².